The molecule has 0 spiro atoms. The predicted octanol–water partition coefficient (Wildman–Crippen LogP) is 1.63. The minimum absolute atomic E-state index is 0.273. The van der Waals surface area contributed by atoms with Crippen LogP contribution in [0.4, 0.5) is 0 Å². The second-order valence-electron chi connectivity index (χ2n) is 3.98. The molecular formula is C11H13NO4S2. The number of aliphatic carboxylic acids is 1. The Balaban J connectivity index is 2.21. The zero-order chi connectivity index (χ0) is 13.2. The lowest BCUT2D eigenvalue weighted by Gasteiger charge is -2.13. The third kappa shape index (κ3) is 2.80. The van der Waals surface area contributed by atoms with Gasteiger partial charge < -0.3 is 5.11 Å². The highest BCUT2D eigenvalue weighted by atomic mass is 32.2. The van der Waals surface area contributed by atoms with Crippen LogP contribution in [0, 0.1) is 0 Å². The standard InChI is InChI=1S/C11H13NO4S2/c13-10(14)4-3-9-7-11(17-8-9)18(15,16)12-5-1-2-6-12/h3-4,7-8H,1-2,5-6H2,(H,13,14)/b4-3-. The number of rotatable bonds is 4. The van der Waals surface area contributed by atoms with Crippen LogP contribution in [0.5, 0.6) is 0 Å². The van der Waals surface area contributed by atoms with E-state index in [9.17, 15) is 13.2 Å². The molecule has 0 radical (unpaired) electrons. The number of hydrogen-bond acceptors (Lipinski definition) is 4. The molecule has 7 heteroatoms. The third-order valence-electron chi connectivity index (χ3n) is 2.67. The Kier molecular flexibility index (Phi) is 3.84. The topological polar surface area (TPSA) is 74.7 Å². The lowest BCUT2D eigenvalue weighted by atomic mass is 10.3. The van der Waals surface area contributed by atoms with Gasteiger partial charge in [0.05, 0.1) is 0 Å². The van der Waals surface area contributed by atoms with Crippen LogP contribution in [0.2, 0.25) is 0 Å². The van der Waals surface area contributed by atoms with Gasteiger partial charge in [0.2, 0.25) is 0 Å². The highest BCUT2D eigenvalue weighted by Gasteiger charge is 2.28. The van der Waals surface area contributed by atoms with Crippen LogP contribution in [0.15, 0.2) is 21.7 Å². The van der Waals surface area contributed by atoms with Crippen molar-refractivity contribution in [1.82, 2.24) is 4.31 Å². The second-order valence-corrected chi connectivity index (χ2v) is 7.06. The Bertz CT molecular complexity index is 568. The number of nitrogens with zero attached hydrogens (tertiary/aromatic N) is 1. The van der Waals surface area contributed by atoms with Crippen LogP contribution in [-0.4, -0.2) is 36.9 Å². The van der Waals surface area contributed by atoms with Crippen molar-refractivity contribution in [2.75, 3.05) is 13.1 Å². The molecule has 0 amide bonds. The summed E-state index contributed by atoms with van der Waals surface area (Å²) in [7, 11) is -3.39. The van der Waals surface area contributed by atoms with E-state index in [4.69, 9.17) is 5.11 Å². The second kappa shape index (κ2) is 5.21. The summed E-state index contributed by atoms with van der Waals surface area (Å²) in [6.45, 7) is 1.14. The average Bonchev–Trinajstić information content (AvgIpc) is 2.98. The van der Waals surface area contributed by atoms with Crippen molar-refractivity contribution >= 4 is 33.4 Å². The molecule has 1 aliphatic rings. The molecule has 0 atom stereocenters. The molecule has 1 aromatic rings. The van der Waals surface area contributed by atoms with E-state index in [1.807, 2.05) is 0 Å². The molecule has 1 aliphatic heterocycles. The molecule has 1 saturated heterocycles. The summed E-state index contributed by atoms with van der Waals surface area (Å²) in [5.41, 5.74) is 0.597. The number of thiophene rings is 1. The molecule has 5 nitrogen and oxygen atoms in total. The molecule has 18 heavy (non-hydrogen) atoms. The minimum atomic E-state index is -3.39. The average molecular weight is 287 g/mol. The maximum absolute atomic E-state index is 12.2. The molecule has 98 valence electrons. The maximum atomic E-state index is 12.2. The highest BCUT2D eigenvalue weighted by Crippen LogP contribution is 2.26. The first-order valence-corrected chi connectivity index (χ1v) is 7.82. The van der Waals surface area contributed by atoms with Crippen molar-refractivity contribution < 1.29 is 18.3 Å². The van der Waals surface area contributed by atoms with Gasteiger partial charge in [-0.2, -0.15) is 4.31 Å². The van der Waals surface area contributed by atoms with E-state index in [1.165, 1.54) is 16.4 Å². The number of carboxylic acids is 1. The van der Waals surface area contributed by atoms with Gasteiger partial charge in [-0.05, 0) is 35.9 Å². The van der Waals surface area contributed by atoms with Gasteiger partial charge in [-0.1, -0.05) is 0 Å². The number of carbonyl (C=O) groups is 1. The molecule has 1 N–H and O–H groups in total. The van der Waals surface area contributed by atoms with Crippen molar-refractivity contribution in [3.63, 3.8) is 0 Å². The van der Waals surface area contributed by atoms with E-state index >= 15 is 0 Å². The minimum Gasteiger partial charge on any atom is -0.478 e. The summed E-state index contributed by atoms with van der Waals surface area (Å²) in [6, 6.07) is 1.51. The van der Waals surface area contributed by atoms with Gasteiger partial charge in [-0.15, -0.1) is 11.3 Å². The predicted molar refractivity (Wildman–Crippen MR) is 69.0 cm³/mol. The van der Waals surface area contributed by atoms with E-state index in [0.29, 0.717) is 18.7 Å². The monoisotopic (exact) mass is 287 g/mol. The number of carboxylic acid groups (broad SMARTS) is 1. The maximum Gasteiger partial charge on any atom is 0.328 e. The summed E-state index contributed by atoms with van der Waals surface area (Å²) in [5, 5.41) is 10.1. The lowest BCUT2D eigenvalue weighted by molar-refractivity contribution is -0.131. The Labute approximate surface area is 109 Å². The van der Waals surface area contributed by atoms with Crippen molar-refractivity contribution in [2.45, 2.75) is 17.1 Å². The van der Waals surface area contributed by atoms with E-state index in [2.05, 4.69) is 0 Å². The van der Waals surface area contributed by atoms with Gasteiger partial charge in [0.25, 0.3) is 10.0 Å². The number of hydrogen-bond donors (Lipinski definition) is 1. The molecule has 0 aromatic carbocycles. The smallest absolute Gasteiger partial charge is 0.328 e. The third-order valence-corrected chi connectivity index (χ3v) is 6.01. The summed E-state index contributed by atoms with van der Waals surface area (Å²) >= 11 is 1.12. The van der Waals surface area contributed by atoms with E-state index in [0.717, 1.165) is 30.3 Å². The molecule has 1 fully saturated rings. The van der Waals surface area contributed by atoms with Gasteiger partial charge in [-0.3, -0.25) is 0 Å². The van der Waals surface area contributed by atoms with Crippen LogP contribution >= 0.6 is 11.3 Å². The fourth-order valence-corrected chi connectivity index (χ4v) is 4.60. The number of sulfonamides is 1. The van der Waals surface area contributed by atoms with E-state index < -0.39 is 16.0 Å². The molecule has 0 unspecified atom stereocenters. The van der Waals surface area contributed by atoms with Gasteiger partial charge in [0.15, 0.2) is 0 Å². The van der Waals surface area contributed by atoms with Gasteiger partial charge >= 0.3 is 5.97 Å². The van der Waals surface area contributed by atoms with Crippen LogP contribution in [0.25, 0.3) is 6.08 Å². The molecule has 0 saturated carbocycles. The Morgan fingerprint density at radius 2 is 2.06 bits per heavy atom. The first-order chi connectivity index (χ1) is 8.50. The molecule has 0 bridgehead atoms. The molecular weight excluding hydrogens is 274 g/mol. The van der Waals surface area contributed by atoms with Gasteiger partial charge in [0.1, 0.15) is 4.21 Å². The Morgan fingerprint density at radius 1 is 1.39 bits per heavy atom. The highest BCUT2D eigenvalue weighted by molar-refractivity contribution is 7.91. The normalized spacial score (nSPS) is 17.6. The Hall–Kier alpha value is -1.18. The molecule has 0 aliphatic carbocycles. The summed E-state index contributed by atoms with van der Waals surface area (Å²) in [4.78, 5) is 10.4. The van der Waals surface area contributed by atoms with Crippen LogP contribution in [0.1, 0.15) is 18.4 Å². The van der Waals surface area contributed by atoms with Gasteiger partial charge in [-0.25, -0.2) is 13.2 Å². The zero-order valence-electron chi connectivity index (χ0n) is 9.57. The zero-order valence-corrected chi connectivity index (χ0v) is 11.2. The Morgan fingerprint density at radius 3 is 2.67 bits per heavy atom. The van der Waals surface area contributed by atoms with E-state index in [1.54, 1.807) is 5.38 Å². The fraction of sp³-hybridized carbons (Fsp3) is 0.364. The van der Waals surface area contributed by atoms with Crippen molar-refractivity contribution in [3.8, 4) is 0 Å². The fourth-order valence-electron chi connectivity index (χ4n) is 1.78. The van der Waals surface area contributed by atoms with Crippen molar-refractivity contribution in [1.29, 1.82) is 0 Å². The summed E-state index contributed by atoms with van der Waals surface area (Å²) < 4.78 is 26.1. The van der Waals surface area contributed by atoms with Crippen LogP contribution < -0.4 is 0 Å². The first kappa shape index (κ1) is 13.3. The quantitative estimate of drug-likeness (QED) is 0.854. The van der Waals surface area contributed by atoms with Crippen LogP contribution in [-0.2, 0) is 14.8 Å². The summed E-state index contributed by atoms with van der Waals surface area (Å²) in [5.74, 6) is -1.05. The van der Waals surface area contributed by atoms with Gasteiger partial charge in [0, 0.05) is 19.2 Å². The lowest BCUT2D eigenvalue weighted by Crippen LogP contribution is -2.27. The molecule has 2 heterocycles. The summed E-state index contributed by atoms with van der Waals surface area (Å²) in [6.07, 6.45) is 4.18. The first-order valence-electron chi connectivity index (χ1n) is 5.50. The van der Waals surface area contributed by atoms with Crippen molar-refractivity contribution in [3.05, 3.63) is 23.1 Å². The van der Waals surface area contributed by atoms with Crippen molar-refractivity contribution in [2.24, 2.45) is 0 Å². The molecule has 1 aromatic heterocycles. The largest absolute Gasteiger partial charge is 0.478 e. The molecule has 2 rings (SSSR count). The van der Waals surface area contributed by atoms with Crippen LogP contribution in [0.3, 0.4) is 0 Å². The van der Waals surface area contributed by atoms with E-state index in [-0.39, 0.29) is 4.21 Å². The SMILES string of the molecule is O=C(O)/C=C\c1csc(S(=O)(=O)N2CCCC2)c1.